The number of thioether (sulfide) groups is 1. The number of carbonyl (C=O) groups excluding carboxylic acids is 1. The molecule has 1 amide bonds. The summed E-state index contributed by atoms with van der Waals surface area (Å²) in [7, 11) is 3.36. The molecule has 3 aromatic rings. The SMILES string of the molecule is COc1ccccc1-n1cnnc1SCC(=O)N(C)Cc1ccco1. The summed E-state index contributed by atoms with van der Waals surface area (Å²) < 4.78 is 12.5. The Morgan fingerprint density at radius 3 is 2.92 bits per heavy atom. The van der Waals surface area contributed by atoms with E-state index >= 15 is 0 Å². The highest BCUT2D eigenvalue weighted by atomic mass is 32.2. The average molecular weight is 358 g/mol. The number of hydrogen-bond donors (Lipinski definition) is 0. The number of ether oxygens (including phenoxy) is 1. The third-order valence-electron chi connectivity index (χ3n) is 3.58. The van der Waals surface area contributed by atoms with Gasteiger partial charge in [0.1, 0.15) is 17.8 Å². The number of rotatable bonds is 7. The van der Waals surface area contributed by atoms with Crippen LogP contribution in [-0.2, 0) is 11.3 Å². The van der Waals surface area contributed by atoms with Crippen molar-refractivity contribution in [3.05, 3.63) is 54.7 Å². The molecule has 0 atom stereocenters. The van der Waals surface area contributed by atoms with E-state index in [0.717, 1.165) is 11.4 Å². The molecule has 1 aromatic carbocycles. The van der Waals surface area contributed by atoms with Crippen LogP contribution in [0.1, 0.15) is 5.76 Å². The van der Waals surface area contributed by atoms with Crippen LogP contribution < -0.4 is 4.74 Å². The molecule has 0 saturated heterocycles. The van der Waals surface area contributed by atoms with E-state index in [9.17, 15) is 4.79 Å². The van der Waals surface area contributed by atoms with Crippen molar-refractivity contribution in [2.24, 2.45) is 0 Å². The molecule has 130 valence electrons. The largest absolute Gasteiger partial charge is 0.495 e. The van der Waals surface area contributed by atoms with Crippen molar-refractivity contribution >= 4 is 17.7 Å². The lowest BCUT2D eigenvalue weighted by atomic mass is 10.3. The first-order chi connectivity index (χ1) is 12.2. The van der Waals surface area contributed by atoms with Gasteiger partial charge in [0.15, 0.2) is 5.16 Å². The van der Waals surface area contributed by atoms with Gasteiger partial charge in [-0.2, -0.15) is 0 Å². The van der Waals surface area contributed by atoms with Gasteiger partial charge in [-0.05, 0) is 24.3 Å². The molecule has 0 fully saturated rings. The molecule has 8 heteroatoms. The van der Waals surface area contributed by atoms with Crippen LogP contribution in [0.3, 0.4) is 0 Å². The van der Waals surface area contributed by atoms with Crippen LogP contribution in [0.15, 0.2) is 58.6 Å². The third-order valence-corrected chi connectivity index (χ3v) is 4.51. The maximum Gasteiger partial charge on any atom is 0.233 e. The van der Waals surface area contributed by atoms with Crippen LogP contribution in [0.2, 0.25) is 0 Å². The number of carbonyl (C=O) groups is 1. The van der Waals surface area contributed by atoms with Gasteiger partial charge in [-0.3, -0.25) is 9.36 Å². The lowest BCUT2D eigenvalue weighted by molar-refractivity contribution is -0.127. The predicted molar refractivity (Wildman–Crippen MR) is 93.8 cm³/mol. The van der Waals surface area contributed by atoms with Crippen molar-refractivity contribution in [1.82, 2.24) is 19.7 Å². The highest BCUT2D eigenvalue weighted by Gasteiger charge is 2.15. The van der Waals surface area contributed by atoms with Crippen LogP contribution in [0, 0.1) is 0 Å². The van der Waals surface area contributed by atoms with Crippen LogP contribution >= 0.6 is 11.8 Å². The van der Waals surface area contributed by atoms with E-state index in [-0.39, 0.29) is 11.7 Å². The molecular weight excluding hydrogens is 340 g/mol. The Hall–Kier alpha value is -2.74. The Balaban J connectivity index is 1.66. The number of hydrogen-bond acceptors (Lipinski definition) is 6. The maximum atomic E-state index is 12.3. The predicted octanol–water partition coefficient (Wildman–Crippen LogP) is 2.62. The lowest BCUT2D eigenvalue weighted by Gasteiger charge is -2.15. The van der Waals surface area contributed by atoms with E-state index in [1.54, 1.807) is 37.7 Å². The summed E-state index contributed by atoms with van der Waals surface area (Å²) in [6, 6.07) is 11.2. The Morgan fingerprint density at radius 2 is 2.16 bits per heavy atom. The molecule has 0 aliphatic heterocycles. The van der Waals surface area contributed by atoms with Crippen LogP contribution in [0.5, 0.6) is 5.75 Å². The monoisotopic (exact) mass is 358 g/mol. The van der Waals surface area contributed by atoms with E-state index in [4.69, 9.17) is 9.15 Å². The quantitative estimate of drug-likeness (QED) is 0.605. The second kappa shape index (κ2) is 7.89. The van der Waals surface area contributed by atoms with Crippen LogP contribution in [0.4, 0.5) is 0 Å². The first-order valence-corrected chi connectivity index (χ1v) is 8.60. The van der Waals surface area contributed by atoms with Gasteiger partial charge in [-0.15, -0.1) is 10.2 Å². The van der Waals surface area contributed by atoms with E-state index < -0.39 is 0 Å². The van der Waals surface area contributed by atoms with Gasteiger partial charge in [0, 0.05) is 7.05 Å². The van der Waals surface area contributed by atoms with Gasteiger partial charge >= 0.3 is 0 Å². The highest BCUT2D eigenvalue weighted by molar-refractivity contribution is 7.99. The normalized spacial score (nSPS) is 10.6. The molecule has 25 heavy (non-hydrogen) atoms. The molecule has 0 unspecified atom stereocenters. The molecule has 0 aliphatic carbocycles. The molecule has 7 nitrogen and oxygen atoms in total. The minimum absolute atomic E-state index is 0.0176. The Labute approximate surface area is 149 Å². The minimum Gasteiger partial charge on any atom is -0.495 e. The second-order valence-corrected chi connectivity index (χ2v) is 6.22. The van der Waals surface area contributed by atoms with Crippen molar-refractivity contribution < 1.29 is 13.9 Å². The molecule has 3 rings (SSSR count). The molecule has 2 heterocycles. The average Bonchev–Trinajstić information content (AvgIpc) is 3.31. The summed E-state index contributed by atoms with van der Waals surface area (Å²) in [6.07, 6.45) is 3.20. The zero-order chi connectivity index (χ0) is 17.6. The van der Waals surface area contributed by atoms with Crippen molar-refractivity contribution in [3.8, 4) is 11.4 Å². The lowest BCUT2D eigenvalue weighted by Crippen LogP contribution is -2.27. The van der Waals surface area contributed by atoms with E-state index in [2.05, 4.69) is 10.2 Å². The summed E-state index contributed by atoms with van der Waals surface area (Å²) >= 11 is 1.33. The summed E-state index contributed by atoms with van der Waals surface area (Å²) in [5.41, 5.74) is 0.828. The van der Waals surface area contributed by atoms with Gasteiger partial charge in [0.05, 0.1) is 31.4 Å². The first kappa shape index (κ1) is 17.1. The third kappa shape index (κ3) is 4.03. The van der Waals surface area contributed by atoms with Gasteiger partial charge in [0.25, 0.3) is 0 Å². The fourth-order valence-electron chi connectivity index (χ4n) is 2.28. The summed E-state index contributed by atoms with van der Waals surface area (Å²) in [5.74, 6) is 1.70. The number of para-hydroxylation sites is 2. The van der Waals surface area contributed by atoms with Crippen molar-refractivity contribution in [1.29, 1.82) is 0 Å². The Kier molecular flexibility index (Phi) is 5.39. The molecule has 0 saturated carbocycles. The molecule has 0 radical (unpaired) electrons. The van der Waals surface area contributed by atoms with Crippen molar-refractivity contribution in [2.45, 2.75) is 11.7 Å². The fraction of sp³-hybridized carbons (Fsp3) is 0.235. The smallest absolute Gasteiger partial charge is 0.233 e. The van der Waals surface area contributed by atoms with E-state index in [0.29, 0.717) is 17.5 Å². The van der Waals surface area contributed by atoms with Crippen molar-refractivity contribution in [3.63, 3.8) is 0 Å². The number of benzene rings is 1. The highest BCUT2D eigenvalue weighted by Crippen LogP contribution is 2.26. The van der Waals surface area contributed by atoms with Gasteiger partial charge in [0.2, 0.25) is 5.91 Å². The standard InChI is InChI=1S/C17H18N4O3S/c1-20(10-13-6-5-9-24-13)16(22)11-25-17-19-18-12-21(17)14-7-3-4-8-15(14)23-2/h3-9,12H,10-11H2,1-2H3. The van der Waals surface area contributed by atoms with E-state index in [1.165, 1.54) is 11.8 Å². The molecule has 0 N–H and O–H groups in total. The minimum atomic E-state index is -0.0176. The Bertz CT molecular complexity index is 832. The van der Waals surface area contributed by atoms with Crippen molar-refractivity contribution in [2.75, 3.05) is 19.9 Å². The Morgan fingerprint density at radius 1 is 1.32 bits per heavy atom. The summed E-state index contributed by atoms with van der Waals surface area (Å²) in [4.78, 5) is 13.9. The number of amides is 1. The maximum absolute atomic E-state index is 12.3. The van der Waals surface area contributed by atoms with E-state index in [1.807, 2.05) is 34.9 Å². The zero-order valence-electron chi connectivity index (χ0n) is 14.0. The summed E-state index contributed by atoms with van der Waals surface area (Å²) in [5, 5.41) is 8.69. The van der Waals surface area contributed by atoms with Gasteiger partial charge in [-0.25, -0.2) is 0 Å². The second-order valence-electron chi connectivity index (χ2n) is 5.27. The molecule has 0 bridgehead atoms. The molecule has 2 aromatic heterocycles. The van der Waals surface area contributed by atoms with Crippen LogP contribution in [0.25, 0.3) is 5.69 Å². The molecule has 0 spiro atoms. The first-order valence-electron chi connectivity index (χ1n) is 7.61. The molecule has 0 aliphatic rings. The number of methoxy groups -OCH3 is 1. The summed E-state index contributed by atoms with van der Waals surface area (Å²) in [6.45, 7) is 0.436. The van der Waals surface area contributed by atoms with Gasteiger partial charge < -0.3 is 14.1 Å². The molecular formula is C17H18N4O3S. The zero-order valence-corrected chi connectivity index (χ0v) is 14.8. The topological polar surface area (TPSA) is 73.4 Å². The number of aromatic nitrogens is 3. The van der Waals surface area contributed by atoms with Gasteiger partial charge in [-0.1, -0.05) is 23.9 Å². The number of nitrogens with zero attached hydrogens (tertiary/aromatic N) is 4. The van der Waals surface area contributed by atoms with Crippen LogP contribution in [-0.4, -0.2) is 45.5 Å². The number of furan rings is 1. The fourth-order valence-corrected chi connectivity index (χ4v) is 3.14.